The minimum Gasteiger partial charge on any atom is -0.396 e. The molecular formula is C12H27NOS. The fourth-order valence-corrected chi connectivity index (χ4v) is 1.85. The average molecular weight is 233 g/mol. The van der Waals surface area contributed by atoms with Crippen LogP contribution < -0.4 is 5.32 Å². The van der Waals surface area contributed by atoms with Crippen molar-refractivity contribution in [1.82, 2.24) is 5.32 Å². The van der Waals surface area contributed by atoms with Gasteiger partial charge < -0.3 is 10.4 Å². The van der Waals surface area contributed by atoms with Crippen molar-refractivity contribution in [2.75, 3.05) is 31.7 Å². The monoisotopic (exact) mass is 233 g/mol. The van der Waals surface area contributed by atoms with Gasteiger partial charge in [0, 0.05) is 18.6 Å². The van der Waals surface area contributed by atoms with Crippen molar-refractivity contribution >= 4 is 11.8 Å². The molecule has 0 amide bonds. The van der Waals surface area contributed by atoms with Crippen LogP contribution in [0.3, 0.4) is 0 Å². The summed E-state index contributed by atoms with van der Waals surface area (Å²) in [5.74, 6) is 1.28. The Balaban J connectivity index is 3.29. The lowest BCUT2D eigenvalue weighted by Gasteiger charge is -2.25. The number of aliphatic hydroxyl groups is 1. The van der Waals surface area contributed by atoms with Gasteiger partial charge in [-0.25, -0.2) is 0 Å². The Morgan fingerprint density at radius 3 is 2.53 bits per heavy atom. The smallest absolute Gasteiger partial charge is 0.0496 e. The van der Waals surface area contributed by atoms with Crippen LogP contribution in [-0.4, -0.2) is 36.8 Å². The molecule has 15 heavy (non-hydrogen) atoms. The first kappa shape index (κ1) is 15.3. The molecule has 2 N–H and O–H groups in total. The van der Waals surface area contributed by atoms with E-state index in [-0.39, 0.29) is 12.0 Å². The SMILES string of the molecule is CCC(C)(CO)CNCCCCCSC. The summed E-state index contributed by atoms with van der Waals surface area (Å²) in [6.45, 7) is 6.57. The second kappa shape index (κ2) is 9.49. The van der Waals surface area contributed by atoms with Crippen molar-refractivity contribution in [3.63, 3.8) is 0 Å². The maximum atomic E-state index is 9.22. The number of aliphatic hydroxyl groups excluding tert-OH is 1. The van der Waals surface area contributed by atoms with E-state index in [0.717, 1.165) is 19.5 Å². The number of rotatable bonds is 10. The molecule has 0 rings (SSSR count). The van der Waals surface area contributed by atoms with Crippen molar-refractivity contribution < 1.29 is 5.11 Å². The maximum absolute atomic E-state index is 9.22. The van der Waals surface area contributed by atoms with Crippen LogP contribution in [0.15, 0.2) is 0 Å². The molecule has 0 fully saturated rings. The van der Waals surface area contributed by atoms with Crippen molar-refractivity contribution in [3.05, 3.63) is 0 Å². The largest absolute Gasteiger partial charge is 0.396 e. The first-order valence-electron chi connectivity index (χ1n) is 5.99. The van der Waals surface area contributed by atoms with Crippen LogP contribution in [0, 0.1) is 5.41 Å². The summed E-state index contributed by atoms with van der Waals surface area (Å²) in [4.78, 5) is 0. The van der Waals surface area contributed by atoms with Gasteiger partial charge in [-0.3, -0.25) is 0 Å². The van der Waals surface area contributed by atoms with Crippen molar-refractivity contribution in [3.8, 4) is 0 Å². The van der Waals surface area contributed by atoms with E-state index in [2.05, 4.69) is 25.4 Å². The van der Waals surface area contributed by atoms with Crippen LogP contribution in [0.1, 0.15) is 39.5 Å². The molecule has 2 nitrogen and oxygen atoms in total. The van der Waals surface area contributed by atoms with Gasteiger partial charge in [-0.1, -0.05) is 20.3 Å². The predicted molar refractivity (Wildman–Crippen MR) is 70.6 cm³/mol. The van der Waals surface area contributed by atoms with Gasteiger partial charge in [0.1, 0.15) is 0 Å². The third kappa shape index (κ3) is 8.12. The average Bonchev–Trinajstić information content (AvgIpc) is 2.27. The zero-order chi connectivity index (χ0) is 11.6. The molecule has 0 aliphatic heterocycles. The lowest BCUT2D eigenvalue weighted by atomic mass is 9.89. The molecule has 0 aliphatic rings. The van der Waals surface area contributed by atoms with Gasteiger partial charge in [-0.05, 0) is 37.8 Å². The summed E-state index contributed by atoms with van der Waals surface area (Å²) in [6, 6.07) is 0. The van der Waals surface area contributed by atoms with Crippen LogP contribution in [0.5, 0.6) is 0 Å². The van der Waals surface area contributed by atoms with E-state index < -0.39 is 0 Å². The third-order valence-electron chi connectivity index (χ3n) is 2.99. The zero-order valence-electron chi connectivity index (χ0n) is 10.5. The van der Waals surface area contributed by atoms with E-state index in [0.29, 0.717) is 0 Å². The van der Waals surface area contributed by atoms with Gasteiger partial charge in [0.05, 0.1) is 0 Å². The van der Waals surface area contributed by atoms with Gasteiger partial charge in [0.15, 0.2) is 0 Å². The number of hydrogen-bond donors (Lipinski definition) is 2. The Bertz CT molecular complexity index is 138. The van der Waals surface area contributed by atoms with E-state index in [1.165, 1.54) is 25.0 Å². The third-order valence-corrected chi connectivity index (χ3v) is 3.69. The van der Waals surface area contributed by atoms with Crippen molar-refractivity contribution in [1.29, 1.82) is 0 Å². The molecule has 0 saturated carbocycles. The fraction of sp³-hybridized carbons (Fsp3) is 1.00. The molecule has 1 atom stereocenters. The van der Waals surface area contributed by atoms with Gasteiger partial charge >= 0.3 is 0 Å². The lowest BCUT2D eigenvalue weighted by molar-refractivity contribution is 0.135. The Morgan fingerprint density at radius 2 is 2.00 bits per heavy atom. The van der Waals surface area contributed by atoms with Crippen LogP contribution in [0.4, 0.5) is 0 Å². The highest BCUT2D eigenvalue weighted by Gasteiger charge is 2.19. The second-order valence-electron chi connectivity index (χ2n) is 4.55. The Morgan fingerprint density at radius 1 is 1.27 bits per heavy atom. The first-order valence-corrected chi connectivity index (χ1v) is 7.38. The Hall–Kier alpha value is 0.270. The van der Waals surface area contributed by atoms with Crippen LogP contribution >= 0.6 is 11.8 Å². The number of thioether (sulfide) groups is 1. The highest BCUT2D eigenvalue weighted by molar-refractivity contribution is 7.98. The van der Waals surface area contributed by atoms with Gasteiger partial charge in [0.2, 0.25) is 0 Å². The summed E-state index contributed by atoms with van der Waals surface area (Å²) >= 11 is 1.92. The normalized spacial score (nSPS) is 15.2. The van der Waals surface area contributed by atoms with Gasteiger partial charge in [-0.2, -0.15) is 11.8 Å². The Kier molecular flexibility index (Phi) is 9.66. The molecule has 0 radical (unpaired) electrons. The zero-order valence-corrected chi connectivity index (χ0v) is 11.3. The van der Waals surface area contributed by atoms with Crippen LogP contribution in [-0.2, 0) is 0 Å². The van der Waals surface area contributed by atoms with E-state index in [1.807, 2.05) is 11.8 Å². The lowest BCUT2D eigenvalue weighted by Crippen LogP contribution is -2.34. The van der Waals surface area contributed by atoms with Gasteiger partial charge in [0.25, 0.3) is 0 Å². The quantitative estimate of drug-likeness (QED) is 0.569. The predicted octanol–water partition coefficient (Wildman–Crippen LogP) is 2.52. The molecular weight excluding hydrogens is 206 g/mol. The minimum atomic E-state index is 0.0687. The number of unbranched alkanes of at least 4 members (excludes halogenated alkanes) is 2. The van der Waals surface area contributed by atoms with E-state index in [4.69, 9.17) is 0 Å². The summed E-state index contributed by atoms with van der Waals surface area (Å²) in [5, 5.41) is 12.7. The topological polar surface area (TPSA) is 32.3 Å². The summed E-state index contributed by atoms with van der Waals surface area (Å²) in [7, 11) is 0. The van der Waals surface area contributed by atoms with Crippen LogP contribution in [0.2, 0.25) is 0 Å². The molecule has 3 heteroatoms. The molecule has 92 valence electrons. The van der Waals surface area contributed by atoms with E-state index >= 15 is 0 Å². The van der Waals surface area contributed by atoms with Crippen LogP contribution in [0.25, 0.3) is 0 Å². The summed E-state index contributed by atoms with van der Waals surface area (Å²) < 4.78 is 0. The maximum Gasteiger partial charge on any atom is 0.0496 e. The minimum absolute atomic E-state index is 0.0687. The molecule has 1 unspecified atom stereocenters. The molecule has 0 bridgehead atoms. The summed E-state index contributed by atoms with van der Waals surface area (Å²) in [5.41, 5.74) is 0.0687. The van der Waals surface area contributed by atoms with Gasteiger partial charge in [-0.15, -0.1) is 0 Å². The van der Waals surface area contributed by atoms with E-state index in [1.54, 1.807) is 0 Å². The van der Waals surface area contributed by atoms with Crippen molar-refractivity contribution in [2.45, 2.75) is 39.5 Å². The molecule has 0 saturated heterocycles. The summed E-state index contributed by atoms with van der Waals surface area (Å²) in [6.07, 6.45) is 7.09. The number of hydrogen-bond acceptors (Lipinski definition) is 3. The molecule has 0 heterocycles. The second-order valence-corrected chi connectivity index (χ2v) is 5.54. The molecule has 0 aromatic carbocycles. The highest BCUT2D eigenvalue weighted by Crippen LogP contribution is 2.18. The molecule has 0 aliphatic carbocycles. The number of nitrogens with one attached hydrogen (secondary N) is 1. The molecule has 0 aromatic heterocycles. The Labute approximate surface area is 99.2 Å². The molecule has 0 spiro atoms. The first-order chi connectivity index (χ1) is 7.18. The van der Waals surface area contributed by atoms with Crippen molar-refractivity contribution in [2.24, 2.45) is 5.41 Å². The standard InChI is InChI=1S/C12H27NOS/c1-4-12(2,11-14)10-13-8-6-5-7-9-15-3/h13-14H,4-11H2,1-3H3. The fourth-order valence-electron chi connectivity index (χ4n) is 1.36. The highest BCUT2D eigenvalue weighted by atomic mass is 32.2. The molecule has 0 aromatic rings. The van der Waals surface area contributed by atoms with E-state index in [9.17, 15) is 5.11 Å².